The van der Waals surface area contributed by atoms with Crippen molar-refractivity contribution in [3.63, 3.8) is 0 Å². The fourth-order valence-corrected chi connectivity index (χ4v) is 2.66. The molecule has 0 saturated carbocycles. The number of benzene rings is 1. The van der Waals surface area contributed by atoms with Crippen LogP contribution in [0.15, 0.2) is 29.0 Å². The molecule has 1 aromatic heterocycles. The van der Waals surface area contributed by atoms with Crippen molar-refractivity contribution in [2.75, 3.05) is 13.2 Å². The zero-order chi connectivity index (χ0) is 14.7. The van der Waals surface area contributed by atoms with Crippen molar-refractivity contribution < 1.29 is 14.2 Å². The van der Waals surface area contributed by atoms with Crippen molar-refractivity contribution in [1.82, 2.24) is 0 Å². The predicted octanol–water partition coefficient (Wildman–Crippen LogP) is 2.71. The van der Waals surface area contributed by atoms with Crippen LogP contribution in [-0.4, -0.2) is 19.3 Å². The zero-order valence-corrected chi connectivity index (χ0v) is 11.7. The largest absolute Gasteiger partial charge is 0.488 e. The van der Waals surface area contributed by atoms with Crippen molar-refractivity contribution >= 4 is 11.3 Å². The van der Waals surface area contributed by atoms with Gasteiger partial charge in [-0.05, 0) is 12.1 Å². The molecule has 0 radical (unpaired) electrons. The Labute approximate surface area is 125 Å². The summed E-state index contributed by atoms with van der Waals surface area (Å²) >= 11 is 1.51. The van der Waals surface area contributed by atoms with Gasteiger partial charge in [0.2, 0.25) is 0 Å². The molecule has 3 rings (SSSR count). The van der Waals surface area contributed by atoms with Gasteiger partial charge < -0.3 is 14.2 Å². The lowest BCUT2D eigenvalue weighted by atomic mass is 10.1. The van der Waals surface area contributed by atoms with Crippen molar-refractivity contribution in [3.05, 3.63) is 40.1 Å². The highest BCUT2D eigenvalue weighted by atomic mass is 32.1. The van der Waals surface area contributed by atoms with Crippen molar-refractivity contribution in [3.8, 4) is 29.4 Å². The molecule has 1 aliphatic heterocycles. The standard InChI is InChI=1S/C15H10N2O3S/c16-4-10-2-1-3-13(12(10)5-17)18-6-11-7-19-14-8-21-9-15(14)20-11/h1-3,8-9,11H,6-7H2. The van der Waals surface area contributed by atoms with Gasteiger partial charge in [0.15, 0.2) is 17.6 Å². The van der Waals surface area contributed by atoms with Crippen LogP contribution in [0.1, 0.15) is 11.1 Å². The third-order valence-electron chi connectivity index (χ3n) is 2.99. The molecule has 0 spiro atoms. The molecule has 0 N–H and O–H groups in total. The Bertz CT molecular complexity index is 742. The highest BCUT2D eigenvalue weighted by Crippen LogP contribution is 2.35. The molecule has 104 valence electrons. The molecule has 1 aromatic carbocycles. The van der Waals surface area contributed by atoms with Crippen LogP contribution in [-0.2, 0) is 0 Å². The summed E-state index contributed by atoms with van der Waals surface area (Å²) in [6, 6.07) is 8.91. The monoisotopic (exact) mass is 298 g/mol. The number of ether oxygens (including phenoxy) is 3. The SMILES string of the molecule is N#Cc1cccc(OCC2COc3cscc3O2)c1C#N. The minimum Gasteiger partial charge on any atom is -0.488 e. The molecule has 1 aliphatic rings. The Kier molecular flexibility index (Phi) is 3.63. The van der Waals surface area contributed by atoms with Gasteiger partial charge >= 0.3 is 0 Å². The zero-order valence-electron chi connectivity index (χ0n) is 10.9. The van der Waals surface area contributed by atoms with Gasteiger partial charge in [-0.2, -0.15) is 10.5 Å². The summed E-state index contributed by atoms with van der Waals surface area (Å²) in [6.07, 6.45) is -0.246. The summed E-state index contributed by atoms with van der Waals surface area (Å²) < 4.78 is 16.9. The van der Waals surface area contributed by atoms with Crippen LogP contribution in [0.4, 0.5) is 0 Å². The molecule has 0 bridgehead atoms. The molecule has 1 atom stereocenters. The van der Waals surface area contributed by atoms with Crippen LogP contribution in [0.5, 0.6) is 17.2 Å². The highest BCUT2D eigenvalue weighted by Gasteiger charge is 2.22. The predicted molar refractivity (Wildman–Crippen MR) is 75.6 cm³/mol. The minimum atomic E-state index is -0.246. The quantitative estimate of drug-likeness (QED) is 0.871. The molecular formula is C15H10N2O3S. The normalized spacial score (nSPS) is 15.8. The molecule has 0 fully saturated rings. The Morgan fingerprint density at radius 3 is 2.90 bits per heavy atom. The molecule has 5 nitrogen and oxygen atoms in total. The lowest BCUT2D eigenvalue weighted by Crippen LogP contribution is -2.34. The third-order valence-corrected chi connectivity index (χ3v) is 3.69. The van der Waals surface area contributed by atoms with Crippen LogP contribution >= 0.6 is 11.3 Å². The number of hydrogen-bond donors (Lipinski definition) is 0. The second-order valence-electron chi connectivity index (χ2n) is 4.36. The average molecular weight is 298 g/mol. The highest BCUT2D eigenvalue weighted by molar-refractivity contribution is 7.08. The first-order valence-corrected chi connectivity index (χ1v) is 7.17. The number of hydrogen-bond acceptors (Lipinski definition) is 6. The van der Waals surface area contributed by atoms with Gasteiger partial charge in [0, 0.05) is 10.8 Å². The van der Waals surface area contributed by atoms with Crippen molar-refractivity contribution in [2.24, 2.45) is 0 Å². The van der Waals surface area contributed by atoms with Gasteiger partial charge in [-0.3, -0.25) is 0 Å². The molecular weight excluding hydrogens is 288 g/mol. The van der Waals surface area contributed by atoms with Gasteiger partial charge in [0.25, 0.3) is 0 Å². The molecule has 1 unspecified atom stereocenters. The Balaban J connectivity index is 1.70. The third kappa shape index (κ3) is 2.62. The number of nitriles is 2. The topological polar surface area (TPSA) is 75.3 Å². The van der Waals surface area contributed by atoms with Gasteiger partial charge in [0.1, 0.15) is 36.7 Å². The molecule has 0 amide bonds. The molecule has 21 heavy (non-hydrogen) atoms. The first-order chi connectivity index (χ1) is 10.3. The number of fused-ring (bicyclic) bond motifs is 1. The van der Waals surface area contributed by atoms with Gasteiger partial charge in [-0.15, -0.1) is 11.3 Å². The van der Waals surface area contributed by atoms with E-state index in [4.69, 9.17) is 24.7 Å². The fraction of sp³-hybridized carbons (Fsp3) is 0.200. The van der Waals surface area contributed by atoms with Crippen molar-refractivity contribution in [1.29, 1.82) is 10.5 Å². The molecule has 0 saturated heterocycles. The summed E-state index contributed by atoms with van der Waals surface area (Å²) in [5.74, 6) is 1.85. The van der Waals surface area contributed by atoms with E-state index in [1.165, 1.54) is 11.3 Å². The van der Waals surface area contributed by atoms with E-state index >= 15 is 0 Å². The summed E-state index contributed by atoms with van der Waals surface area (Å²) in [6.45, 7) is 0.641. The van der Waals surface area contributed by atoms with E-state index in [1.807, 2.05) is 22.9 Å². The summed E-state index contributed by atoms with van der Waals surface area (Å²) in [5.41, 5.74) is 0.545. The van der Waals surface area contributed by atoms with E-state index in [0.29, 0.717) is 23.7 Å². The average Bonchev–Trinajstić information content (AvgIpc) is 2.99. The number of thiophene rings is 1. The lowest BCUT2D eigenvalue weighted by Gasteiger charge is -2.24. The fourth-order valence-electron chi connectivity index (χ4n) is 1.99. The summed E-state index contributed by atoms with van der Waals surface area (Å²) in [5, 5.41) is 21.9. The smallest absolute Gasteiger partial charge is 0.172 e. The maximum Gasteiger partial charge on any atom is 0.172 e. The first-order valence-electron chi connectivity index (χ1n) is 6.23. The molecule has 2 heterocycles. The van der Waals surface area contributed by atoms with Crippen LogP contribution < -0.4 is 14.2 Å². The summed E-state index contributed by atoms with van der Waals surface area (Å²) in [7, 11) is 0. The van der Waals surface area contributed by atoms with E-state index < -0.39 is 0 Å². The van der Waals surface area contributed by atoms with E-state index in [2.05, 4.69) is 0 Å². The lowest BCUT2D eigenvalue weighted by molar-refractivity contribution is 0.0545. The number of nitrogens with zero attached hydrogens (tertiary/aromatic N) is 2. The minimum absolute atomic E-state index is 0.243. The second-order valence-corrected chi connectivity index (χ2v) is 5.11. The van der Waals surface area contributed by atoms with Crippen LogP contribution in [0.25, 0.3) is 0 Å². The van der Waals surface area contributed by atoms with E-state index in [-0.39, 0.29) is 18.3 Å². The Hall–Kier alpha value is -2.70. The molecule has 6 heteroatoms. The van der Waals surface area contributed by atoms with E-state index in [1.54, 1.807) is 18.2 Å². The van der Waals surface area contributed by atoms with Gasteiger partial charge in [-0.1, -0.05) is 6.07 Å². The van der Waals surface area contributed by atoms with Crippen molar-refractivity contribution in [2.45, 2.75) is 6.10 Å². The molecule has 0 aliphatic carbocycles. The molecule has 2 aromatic rings. The second kappa shape index (κ2) is 5.74. The van der Waals surface area contributed by atoms with E-state index in [9.17, 15) is 0 Å². The van der Waals surface area contributed by atoms with Crippen LogP contribution in [0.2, 0.25) is 0 Å². The van der Waals surface area contributed by atoms with Gasteiger partial charge in [0.05, 0.1) is 5.56 Å². The Morgan fingerprint density at radius 2 is 2.10 bits per heavy atom. The maximum atomic E-state index is 9.13. The van der Waals surface area contributed by atoms with Gasteiger partial charge in [-0.25, -0.2) is 0 Å². The van der Waals surface area contributed by atoms with E-state index in [0.717, 1.165) is 5.75 Å². The summed E-state index contributed by atoms with van der Waals surface area (Å²) in [4.78, 5) is 0. The van der Waals surface area contributed by atoms with Crippen LogP contribution in [0, 0.1) is 22.7 Å². The Morgan fingerprint density at radius 1 is 1.24 bits per heavy atom. The maximum absolute atomic E-state index is 9.13. The number of rotatable bonds is 3. The first kappa shape index (κ1) is 13.3. The van der Waals surface area contributed by atoms with Crippen LogP contribution in [0.3, 0.4) is 0 Å².